The molecule has 3 nitrogen and oxygen atoms in total. The molecule has 0 radical (unpaired) electrons. The van der Waals surface area contributed by atoms with Crippen molar-refractivity contribution in [2.75, 3.05) is 7.11 Å². The third-order valence-corrected chi connectivity index (χ3v) is 6.35. The van der Waals surface area contributed by atoms with Gasteiger partial charge in [0.05, 0.1) is 10.9 Å². The summed E-state index contributed by atoms with van der Waals surface area (Å²) < 4.78 is 30.9. The van der Waals surface area contributed by atoms with Crippen molar-refractivity contribution in [2.45, 2.75) is 9.10 Å². The van der Waals surface area contributed by atoms with Gasteiger partial charge in [0, 0.05) is 5.02 Å². The lowest BCUT2D eigenvalue weighted by atomic mass is 10.3. The molecule has 0 amide bonds. The van der Waals surface area contributed by atoms with E-state index in [1.807, 2.05) is 0 Å². The topological polar surface area (TPSA) is 43.4 Å². The molecule has 96 valence electrons. The van der Waals surface area contributed by atoms with Gasteiger partial charge in [-0.1, -0.05) is 11.6 Å². The Hall–Kier alpha value is -0.560. The van der Waals surface area contributed by atoms with E-state index < -0.39 is 9.84 Å². The van der Waals surface area contributed by atoms with Gasteiger partial charge in [0.1, 0.15) is 14.9 Å². The highest BCUT2D eigenvalue weighted by Gasteiger charge is 2.24. The highest BCUT2D eigenvalue weighted by atomic mass is 79.9. The summed E-state index contributed by atoms with van der Waals surface area (Å²) in [6, 6.07) is 7.75. The van der Waals surface area contributed by atoms with Crippen molar-refractivity contribution in [3.05, 3.63) is 39.1 Å². The van der Waals surface area contributed by atoms with E-state index in [1.165, 1.54) is 19.2 Å². The first-order valence-corrected chi connectivity index (χ1v) is 8.26. The molecule has 0 N–H and O–H groups in total. The van der Waals surface area contributed by atoms with Gasteiger partial charge in [0.2, 0.25) is 9.84 Å². The Morgan fingerprint density at radius 3 is 2.56 bits per heavy atom. The monoisotopic (exact) mass is 366 g/mol. The normalized spacial score (nSPS) is 11.5. The molecular formula is C11H8BrClO3S2. The standard InChI is InChI=1S/C11H8BrClO3S2/c1-16-8-3-2-7(13)6-9(8)18(14,15)11-5-4-10(12)17-11/h2-6H,1H3. The number of halogens is 2. The summed E-state index contributed by atoms with van der Waals surface area (Å²) in [5.74, 6) is 0.281. The van der Waals surface area contributed by atoms with Crippen molar-refractivity contribution in [3.63, 3.8) is 0 Å². The second kappa shape index (κ2) is 5.21. The van der Waals surface area contributed by atoms with Gasteiger partial charge in [-0.15, -0.1) is 11.3 Å². The first-order valence-electron chi connectivity index (χ1n) is 4.79. The van der Waals surface area contributed by atoms with E-state index in [9.17, 15) is 8.42 Å². The van der Waals surface area contributed by atoms with Crippen LogP contribution in [0.1, 0.15) is 0 Å². The lowest BCUT2D eigenvalue weighted by Gasteiger charge is -2.08. The highest BCUT2D eigenvalue weighted by Crippen LogP contribution is 2.35. The van der Waals surface area contributed by atoms with Crippen LogP contribution in [-0.2, 0) is 9.84 Å². The third kappa shape index (κ3) is 2.56. The van der Waals surface area contributed by atoms with Gasteiger partial charge in [-0.25, -0.2) is 8.42 Å². The van der Waals surface area contributed by atoms with Gasteiger partial charge in [-0.3, -0.25) is 0 Å². The van der Waals surface area contributed by atoms with Crippen molar-refractivity contribution in [2.24, 2.45) is 0 Å². The average Bonchev–Trinajstić information content (AvgIpc) is 2.76. The lowest BCUT2D eigenvalue weighted by Crippen LogP contribution is -2.02. The second-order valence-corrected chi connectivity index (χ2v) is 8.40. The number of sulfone groups is 1. The summed E-state index contributed by atoms with van der Waals surface area (Å²) in [6.07, 6.45) is 0. The smallest absolute Gasteiger partial charge is 0.219 e. The fourth-order valence-corrected chi connectivity index (χ4v) is 5.23. The Labute approximate surface area is 122 Å². The molecule has 1 aromatic carbocycles. The maximum Gasteiger partial charge on any atom is 0.219 e. The van der Waals surface area contributed by atoms with Crippen LogP contribution >= 0.6 is 38.9 Å². The summed E-state index contributed by atoms with van der Waals surface area (Å²) >= 11 is 10.2. The zero-order chi connectivity index (χ0) is 13.3. The van der Waals surface area contributed by atoms with E-state index in [2.05, 4.69) is 15.9 Å². The van der Waals surface area contributed by atoms with E-state index >= 15 is 0 Å². The minimum atomic E-state index is -3.60. The van der Waals surface area contributed by atoms with Crippen molar-refractivity contribution in [3.8, 4) is 5.75 Å². The van der Waals surface area contributed by atoms with Crippen LogP contribution in [0.25, 0.3) is 0 Å². The maximum absolute atomic E-state index is 12.4. The van der Waals surface area contributed by atoms with Crippen molar-refractivity contribution in [1.29, 1.82) is 0 Å². The van der Waals surface area contributed by atoms with Crippen LogP contribution in [0, 0.1) is 0 Å². The lowest BCUT2D eigenvalue weighted by molar-refractivity contribution is 0.403. The quantitative estimate of drug-likeness (QED) is 0.823. The summed E-state index contributed by atoms with van der Waals surface area (Å²) in [5.41, 5.74) is 0. The Balaban J connectivity index is 2.64. The van der Waals surface area contributed by atoms with E-state index in [0.717, 1.165) is 15.1 Å². The minimum absolute atomic E-state index is 0.0758. The maximum atomic E-state index is 12.4. The molecule has 2 rings (SSSR count). The minimum Gasteiger partial charge on any atom is -0.495 e. The predicted molar refractivity (Wildman–Crippen MR) is 75.5 cm³/mol. The van der Waals surface area contributed by atoms with Gasteiger partial charge in [0.25, 0.3) is 0 Å². The van der Waals surface area contributed by atoms with Gasteiger partial charge < -0.3 is 4.74 Å². The fourth-order valence-electron chi connectivity index (χ4n) is 1.41. The van der Waals surface area contributed by atoms with Crippen LogP contribution in [0.4, 0.5) is 0 Å². The Morgan fingerprint density at radius 2 is 2.00 bits per heavy atom. The molecule has 0 unspecified atom stereocenters. The molecule has 18 heavy (non-hydrogen) atoms. The predicted octanol–water partition coefficient (Wildman–Crippen LogP) is 4.01. The van der Waals surface area contributed by atoms with Crippen LogP contribution in [-0.4, -0.2) is 15.5 Å². The number of methoxy groups -OCH3 is 1. The van der Waals surface area contributed by atoms with E-state index in [4.69, 9.17) is 16.3 Å². The van der Waals surface area contributed by atoms with Gasteiger partial charge in [-0.05, 0) is 46.3 Å². The zero-order valence-electron chi connectivity index (χ0n) is 9.18. The van der Waals surface area contributed by atoms with Gasteiger partial charge in [-0.2, -0.15) is 0 Å². The molecule has 1 aromatic heterocycles. The molecular weight excluding hydrogens is 360 g/mol. The summed E-state index contributed by atoms with van der Waals surface area (Å²) in [7, 11) is -2.18. The van der Waals surface area contributed by atoms with Crippen molar-refractivity contribution < 1.29 is 13.2 Å². The Kier molecular flexibility index (Phi) is 4.01. The summed E-state index contributed by atoms with van der Waals surface area (Å²) in [6.45, 7) is 0. The molecule has 0 bridgehead atoms. The molecule has 0 fully saturated rings. The van der Waals surface area contributed by atoms with Crippen LogP contribution in [0.2, 0.25) is 5.02 Å². The molecule has 0 saturated carbocycles. The van der Waals surface area contributed by atoms with Crippen LogP contribution in [0.15, 0.2) is 43.2 Å². The Bertz CT molecular complexity index is 679. The molecule has 0 aliphatic carbocycles. The molecule has 0 spiro atoms. The highest BCUT2D eigenvalue weighted by molar-refractivity contribution is 9.11. The SMILES string of the molecule is COc1ccc(Cl)cc1S(=O)(=O)c1ccc(Br)s1. The van der Waals surface area contributed by atoms with Crippen molar-refractivity contribution in [1.82, 2.24) is 0 Å². The van der Waals surface area contributed by atoms with Crippen LogP contribution in [0.3, 0.4) is 0 Å². The first kappa shape index (κ1) is 13.9. The molecule has 0 aliphatic heterocycles. The van der Waals surface area contributed by atoms with E-state index in [0.29, 0.717) is 5.02 Å². The summed E-state index contributed by atoms with van der Waals surface area (Å²) in [5, 5.41) is 0.352. The number of rotatable bonds is 3. The van der Waals surface area contributed by atoms with E-state index in [-0.39, 0.29) is 14.9 Å². The Morgan fingerprint density at radius 1 is 1.28 bits per heavy atom. The van der Waals surface area contributed by atoms with E-state index in [1.54, 1.807) is 18.2 Å². The molecule has 1 heterocycles. The van der Waals surface area contributed by atoms with Gasteiger partial charge >= 0.3 is 0 Å². The summed E-state index contributed by atoms with van der Waals surface area (Å²) in [4.78, 5) is 0.0758. The van der Waals surface area contributed by atoms with Gasteiger partial charge in [0.15, 0.2) is 0 Å². The zero-order valence-corrected chi connectivity index (χ0v) is 13.2. The van der Waals surface area contributed by atoms with Crippen LogP contribution < -0.4 is 4.74 Å². The molecule has 0 aliphatic rings. The molecule has 7 heteroatoms. The average molecular weight is 368 g/mol. The number of ether oxygens (including phenoxy) is 1. The number of benzene rings is 1. The van der Waals surface area contributed by atoms with Crippen LogP contribution in [0.5, 0.6) is 5.75 Å². The number of hydrogen-bond acceptors (Lipinski definition) is 4. The first-order chi connectivity index (χ1) is 8.45. The number of hydrogen-bond donors (Lipinski definition) is 0. The number of thiophene rings is 1. The third-order valence-electron chi connectivity index (χ3n) is 2.23. The molecule has 0 saturated heterocycles. The fraction of sp³-hybridized carbons (Fsp3) is 0.0909. The molecule has 2 aromatic rings. The van der Waals surface area contributed by atoms with Crippen molar-refractivity contribution >= 4 is 48.7 Å². The largest absolute Gasteiger partial charge is 0.495 e. The molecule has 0 atom stereocenters. The second-order valence-electron chi connectivity index (χ2n) is 3.36.